The van der Waals surface area contributed by atoms with Gasteiger partial charge in [-0.15, -0.1) is 0 Å². The molecule has 0 amide bonds. The van der Waals surface area contributed by atoms with E-state index in [1.807, 2.05) is 20.8 Å². The standard InChI is InChI=1S/C54H76N2O11/c1-26-49(14-13-43(3,61)25-64-49)65-41-18-34-31-12-10-29-20-50-51(23-46(29,6)33(31)17-39(59)47(34,7)52(26,41)62)55(50)36-15-28-9-11-30-32(45(28,5)21-37(36)56(50)51)16-38(58)48(8)35(30)19-42-53(48,63)27(2)54(66-42)40(60)22-44(4,24-57)67-54/h18-19,26-33,38-42,57-63H,9-17,20-25H2,1-8H3/t26-,27-,28+,29+,30-,31-,32+,33+,38-,39-,40-,41+,42+,43+,44+,45+,46+,47-,48-,49-,50?,51?,52-,53-,54+,55?,56?/m1/s1. The summed E-state index contributed by atoms with van der Waals surface area (Å²) < 4.78 is 26.2. The summed E-state index contributed by atoms with van der Waals surface area (Å²) in [6.45, 7) is 16.6. The highest BCUT2D eigenvalue weighted by Gasteiger charge is 3.03. The van der Waals surface area contributed by atoms with Gasteiger partial charge in [0.25, 0.3) is 0 Å². The maximum Gasteiger partial charge on any atom is 0.201 e. The van der Waals surface area contributed by atoms with Crippen LogP contribution < -0.4 is 0 Å². The fourth-order valence-corrected chi connectivity index (χ4v) is 21.5. The van der Waals surface area contributed by atoms with E-state index in [0.717, 1.165) is 56.9 Å². The summed E-state index contributed by atoms with van der Waals surface area (Å²) in [7, 11) is 0. The lowest BCUT2D eigenvalue weighted by Gasteiger charge is -2.61. The molecule has 13 nitrogen and oxygen atoms in total. The zero-order chi connectivity index (χ0) is 46.8. The Morgan fingerprint density at radius 2 is 1.27 bits per heavy atom. The van der Waals surface area contributed by atoms with Crippen molar-refractivity contribution < 1.29 is 54.7 Å². The second kappa shape index (κ2) is 11.7. The molecule has 16 rings (SSSR count). The quantitative estimate of drug-likeness (QED) is 0.144. The van der Waals surface area contributed by atoms with Crippen molar-refractivity contribution in [3.05, 3.63) is 34.7 Å². The number of hydrogen-bond acceptors (Lipinski definition) is 13. The molecular formula is C54H76N2O11. The molecule has 0 radical (unpaired) electrons. The van der Waals surface area contributed by atoms with Crippen molar-refractivity contribution in [1.29, 1.82) is 0 Å². The lowest BCUT2D eigenvalue weighted by Crippen LogP contribution is -2.64. The maximum absolute atomic E-state index is 13.0. The van der Waals surface area contributed by atoms with Crippen molar-refractivity contribution in [3.8, 4) is 0 Å². The van der Waals surface area contributed by atoms with Crippen molar-refractivity contribution >= 4 is 0 Å². The summed E-state index contributed by atoms with van der Waals surface area (Å²) in [6.07, 6.45) is 11.7. The van der Waals surface area contributed by atoms with Gasteiger partial charge in [-0.3, -0.25) is 0 Å². The number of allylic oxidation sites excluding steroid dienone is 2. The lowest BCUT2D eigenvalue weighted by molar-refractivity contribution is -0.289. The molecule has 7 N–H and O–H groups in total. The first-order valence-electron chi connectivity index (χ1n) is 26.7. The monoisotopic (exact) mass is 929 g/mol. The van der Waals surface area contributed by atoms with Gasteiger partial charge in [0, 0.05) is 46.9 Å². The van der Waals surface area contributed by atoms with Crippen molar-refractivity contribution in [3.63, 3.8) is 0 Å². The largest absolute Gasteiger partial charge is 0.393 e. The smallest absolute Gasteiger partial charge is 0.201 e. The first-order valence-corrected chi connectivity index (χ1v) is 26.7. The van der Waals surface area contributed by atoms with E-state index in [1.54, 1.807) is 25.2 Å². The minimum absolute atomic E-state index is 0.0216. The lowest BCUT2D eigenvalue weighted by atomic mass is 9.44. The molecular weight excluding hydrogens is 853 g/mol. The van der Waals surface area contributed by atoms with Gasteiger partial charge < -0.3 is 64.5 Å². The number of nitrogens with zero attached hydrogens (tertiary/aromatic N) is 2. The van der Waals surface area contributed by atoms with Crippen LogP contribution in [0.25, 0.3) is 0 Å². The zero-order valence-corrected chi connectivity index (χ0v) is 40.9. The number of hydrogen-bond donors (Lipinski definition) is 7. The van der Waals surface area contributed by atoms with Crippen LogP contribution in [0.1, 0.15) is 139 Å². The molecule has 0 aromatic rings. The van der Waals surface area contributed by atoms with E-state index in [-0.39, 0.29) is 65.5 Å². The number of rotatable bonds is 1. The van der Waals surface area contributed by atoms with Crippen LogP contribution in [0.2, 0.25) is 0 Å². The van der Waals surface area contributed by atoms with Crippen LogP contribution in [-0.2, 0) is 18.9 Å². The molecule has 8 aliphatic carbocycles. The Hall–Kier alpha value is -1.62. The van der Waals surface area contributed by atoms with Crippen LogP contribution in [0.4, 0.5) is 0 Å². The summed E-state index contributed by atoms with van der Waals surface area (Å²) in [5, 5.41) is 83.5. The van der Waals surface area contributed by atoms with Gasteiger partial charge in [0.1, 0.15) is 29.5 Å². The highest BCUT2D eigenvalue weighted by molar-refractivity contribution is 5.62. The Morgan fingerprint density at radius 3 is 1.88 bits per heavy atom. The van der Waals surface area contributed by atoms with E-state index in [4.69, 9.17) is 18.9 Å². The topological polar surface area (TPSA) is 185 Å². The van der Waals surface area contributed by atoms with Crippen molar-refractivity contribution in [2.45, 2.75) is 215 Å². The first kappa shape index (κ1) is 43.0. The molecule has 8 heterocycles. The van der Waals surface area contributed by atoms with Gasteiger partial charge in [-0.2, -0.15) is 0 Å². The van der Waals surface area contributed by atoms with E-state index < -0.39 is 81.2 Å². The first-order chi connectivity index (χ1) is 31.4. The molecule has 25 atom stereocenters. The highest BCUT2D eigenvalue weighted by atomic mass is 16.7. The second-order valence-corrected chi connectivity index (χ2v) is 27.5. The molecule has 2 bridgehead atoms. The highest BCUT2D eigenvalue weighted by Crippen LogP contribution is 2.91. The second-order valence-electron chi connectivity index (χ2n) is 27.5. The fraction of sp³-hybridized carbons (Fsp3) is 0.889. The molecule has 2 unspecified atom stereocenters. The molecule has 0 aromatic carbocycles. The van der Waals surface area contributed by atoms with Gasteiger partial charge in [-0.1, -0.05) is 64.8 Å². The van der Waals surface area contributed by atoms with Gasteiger partial charge in [-0.05, 0) is 131 Å². The molecule has 13 heteroatoms. The third kappa shape index (κ3) is 4.09. The third-order valence-corrected chi connectivity index (χ3v) is 25.4. The average Bonchev–Trinajstić information content (AvgIpc) is 3.46. The molecule has 368 valence electrons. The number of aliphatic hydroxyl groups excluding tert-OH is 4. The normalized spacial score (nSPS) is 66.3. The van der Waals surface area contributed by atoms with Crippen LogP contribution in [-0.4, -0.2) is 135 Å². The predicted molar refractivity (Wildman–Crippen MR) is 240 cm³/mol. The van der Waals surface area contributed by atoms with E-state index >= 15 is 0 Å². The van der Waals surface area contributed by atoms with Gasteiger partial charge in [0.2, 0.25) is 5.79 Å². The summed E-state index contributed by atoms with van der Waals surface area (Å²) in [5.74, 6) is -1.37. The van der Waals surface area contributed by atoms with E-state index in [9.17, 15) is 35.7 Å². The van der Waals surface area contributed by atoms with Crippen LogP contribution in [0.3, 0.4) is 0 Å². The SMILES string of the molecule is C[C@@H]1[C@@]2(CC[C@](C)(O)CO2)O[C@H]2C=C3[C@@H]4CC[C@H]5CC67N8C9=C(C[C@@]%10(C)[C@@H](CC[C@H]%11C%12=C[C@@H]%13O[C@]%14(O[C@](C)(CO)C[C@H]%14O)[C@H](C)[C@]%13(O)[C@@]%12(C)[C@H](O)C[C@@H]%11%10)C9)N6C87C[C@]5(C)[C@H]4C[C@@H](O)[C@]3(C)[C@]21O. The van der Waals surface area contributed by atoms with Crippen molar-refractivity contribution in [1.82, 2.24) is 9.80 Å². The minimum atomic E-state index is -1.48. The van der Waals surface area contributed by atoms with Crippen LogP contribution >= 0.6 is 0 Å². The molecule has 4 spiro atoms. The molecule has 8 aliphatic heterocycles. The Morgan fingerprint density at radius 1 is 0.672 bits per heavy atom. The Balaban J connectivity index is 0.702. The maximum atomic E-state index is 13.0. The van der Waals surface area contributed by atoms with Gasteiger partial charge >= 0.3 is 0 Å². The fourth-order valence-electron chi connectivity index (χ4n) is 21.5. The summed E-state index contributed by atoms with van der Waals surface area (Å²) in [5.41, 5.74) is -0.906. The Labute approximate surface area is 394 Å². The average molecular weight is 929 g/mol. The van der Waals surface area contributed by atoms with E-state index in [2.05, 4.69) is 42.7 Å². The van der Waals surface area contributed by atoms with E-state index in [1.165, 1.54) is 5.57 Å². The molecule has 67 heavy (non-hydrogen) atoms. The van der Waals surface area contributed by atoms with Gasteiger partial charge in [0.05, 0.1) is 36.6 Å². The number of aliphatic hydroxyl groups is 7. The molecule has 0 aromatic heterocycles. The molecule has 11 fully saturated rings. The van der Waals surface area contributed by atoms with Crippen molar-refractivity contribution in [2.75, 3.05) is 13.2 Å². The third-order valence-electron chi connectivity index (χ3n) is 25.4. The summed E-state index contributed by atoms with van der Waals surface area (Å²) in [4.78, 5) is 5.74. The van der Waals surface area contributed by atoms with Gasteiger partial charge in [0.15, 0.2) is 17.1 Å². The van der Waals surface area contributed by atoms with Crippen molar-refractivity contribution in [2.24, 2.45) is 69.0 Å². The number of fused-ring (bicyclic) bond motifs is 14. The Kier molecular flexibility index (Phi) is 7.54. The summed E-state index contributed by atoms with van der Waals surface area (Å²) in [6, 6.07) is 0. The predicted octanol–water partition coefficient (Wildman–Crippen LogP) is 4.56. The minimum Gasteiger partial charge on any atom is -0.393 e. The van der Waals surface area contributed by atoms with Crippen LogP contribution in [0, 0.1) is 69.0 Å². The molecule has 5 saturated carbocycles. The molecule has 16 aliphatic rings. The van der Waals surface area contributed by atoms with E-state index in [0.29, 0.717) is 43.4 Å². The molecule has 6 saturated heterocycles. The summed E-state index contributed by atoms with van der Waals surface area (Å²) >= 11 is 0. The Bertz CT molecular complexity index is 2420. The van der Waals surface area contributed by atoms with Gasteiger partial charge in [-0.25, -0.2) is 0 Å². The number of ether oxygens (including phenoxy) is 4. The van der Waals surface area contributed by atoms with Crippen LogP contribution in [0.5, 0.6) is 0 Å². The van der Waals surface area contributed by atoms with Crippen LogP contribution in [0.15, 0.2) is 34.7 Å². The zero-order valence-electron chi connectivity index (χ0n) is 40.9.